The first-order valence-corrected chi connectivity index (χ1v) is 5.19. The molecule has 0 aromatic heterocycles. The van der Waals surface area contributed by atoms with Crippen molar-refractivity contribution < 1.29 is 13.6 Å². The average molecular weight is 232 g/mol. The van der Waals surface area contributed by atoms with Gasteiger partial charge >= 0.3 is 0 Å². The third kappa shape index (κ3) is 2.38. The van der Waals surface area contributed by atoms with Crippen LogP contribution < -0.4 is 0 Å². The summed E-state index contributed by atoms with van der Waals surface area (Å²) in [6.45, 7) is 0. The van der Waals surface area contributed by atoms with Gasteiger partial charge in [-0.3, -0.25) is 0 Å². The number of hydrogen-bond donors (Lipinski definition) is 0. The topological polar surface area (TPSA) is 17.1 Å². The Kier molecular flexibility index (Phi) is 3.28. The number of benzene rings is 2. The predicted octanol–water partition coefficient (Wildman–Crippen LogP) is 3.37. The van der Waals surface area contributed by atoms with Crippen LogP contribution in [0.3, 0.4) is 0 Å². The standard InChI is InChI=1S/C14H10F2O/c15-13-6-5-11(9-14(13)16)12-4-2-1-3-10(12)7-8-17/h1-6,8-9H,7H2. The van der Waals surface area contributed by atoms with Crippen LogP contribution in [0.2, 0.25) is 0 Å². The Balaban J connectivity index is 2.51. The van der Waals surface area contributed by atoms with Crippen LogP contribution in [-0.4, -0.2) is 6.29 Å². The molecule has 0 aliphatic heterocycles. The van der Waals surface area contributed by atoms with Crippen molar-refractivity contribution in [2.24, 2.45) is 0 Å². The molecule has 0 N–H and O–H groups in total. The van der Waals surface area contributed by atoms with Gasteiger partial charge in [0.25, 0.3) is 0 Å². The molecule has 0 spiro atoms. The zero-order valence-electron chi connectivity index (χ0n) is 8.99. The van der Waals surface area contributed by atoms with Crippen molar-refractivity contribution >= 4 is 6.29 Å². The highest BCUT2D eigenvalue weighted by Crippen LogP contribution is 2.25. The van der Waals surface area contributed by atoms with E-state index in [9.17, 15) is 13.6 Å². The molecule has 2 rings (SSSR count). The molecule has 0 radical (unpaired) electrons. The first-order chi connectivity index (χ1) is 8.22. The first-order valence-electron chi connectivity index (χ1n) is 5.19. The van der Waals surface area contributed by atoms with E-state index < -0.39 is 11.6 Å². The molecule has 0 bridgehead atoms. The SMILES string of the molecule is O=CCc1ccccc1-c1ccc(F)c(F)c1. The summed E-state index contributed by atoms with van der Waals surface area (Å²) in [6, 6.07) is 10.9. The first kappa shape index (κ1) is 11.5. The van der Waals surface area contributed by atoms with Gasteiger partial charge in [0.05, 0.1) is 0 Å². The van der Waals surface area contributed by atoms with Gasteiger partial charge in [-0.1, -0.05) is 30.3 Å². The Morgan fingerprint density at radius 1 is 1.00 bits per heavy atom. The second kappa shape index (κ2) is 4.87. The van der Waals surface area contributed by atoms with E-state index in [-0.39, 0.29) is 6.42 Å². The lowest BCUT2D eigenvalue weighted by Gasteiger charge is -2.07. The van der Waals surface area contributed by atoms with Crippen LogP contribution >= 0.6 is 0 Å². The van der Waals surface area contributed by atoms with Crippen LogP contribution in [0.15, 0.2) is 42.5 Å². The second-order valence-electron chi connectivity index (χ2n) is 3.66. The van der Waals surface area contributed by atoms with Crippen LogP contribution in [0, 0.1) is 11.6 Å². The Bertz CT molecular complexity index is 550. The van der Waals surface area contributed by atoms with Crippen molar-refractivity contribution in [1.29, 1.82) is 0 Å². The van der Waals surface area contributed by atoms with E-state index in [2.05, 4.69) is 0 Å². The molecule has 2 aromatic carbocycles. The second-order valence-corrected chi connectivity index (χ2v) is 3.66. The summed E-state index contributed by atoms with van der Waals surface area (Å²) < 4.78 is 26.0. The molecule has 0 aliphatic rings. The van der Waals surface area contributed by atoms with Gasteiger partial charge in [0, 0.05) is 6.42 Å². The van der Waals surface area contributed by atoms with E-state index in [1.807, 2.05) is 6.07 Å². The van der Waals surface area contributed by atoms with Crippen LogP contribution in [0.4, 0.5) is 8.78 Å². The molecule has 0 amide bonds. The fourth-order valence-electron chi connectivity index (χ4n) is 1.73. The summed E-state index contributed by atoms with van der Waals surface area (Å²) in [5, 5.41) is 0. The zero-order chi connectivity index (χ0) is 12.3. The maximum atomic E-state index is 13.1. The Hall–Kier alpha value is -2.03. The lowest BCUT2D eigenvalue weighted by molar-refractivity contribution is -0.107. The minimum Gasteiger partial charge on any atom is -0.303 e. The van der Waals surface area contributed by atoms with Gasteiger partial charge in [0.2, 0.25) is 0 Å². The van der Waals surface area contributed by atoms with Crippen molar-refractivity contribution in [3.05, 3.63) is 59.7 Å². The molecule has 0 fully saturated rings. The van der Waals surface area contributed by atoms with Gasteiger partial charge in [0.15, 0.2) is 11.6 Å². The number of rotatable bonds is 3. The molecular formula is C14H10F2O. The number of halogens is 2. The molecule has 3 heteroatoms. The molecule has 2 aromatic rings. The number of carbonyl (C=O) groups is 1. The maximum absolute atomic E-state index is 13.1. The predicted molar refractivity (Wildman–Crippen MR) is 61.6 cm³/mol. The zero-order valence-corrected chi connectivity index (χ0v) is 8.99. The highest BCUT2D eigenvalue weighted by molar-refractivity contribution is 5.71. The average Bonchev–Trinajstić information content (AvgIpc) is 2.34. The van der Waals surface area contributed by atoms with Gasteiger partial charge in [-0.05, 0) is 28.8 Å². The summed E-state index contributed by atoms with van der Waals surface area (Å²) in [5.41, 5.74) is 2.12. The van der Waals surface area contributed by atoms with E-state index in [1.54, 1.807) is 18.2 Å². The lowest BCUT2D eigenvalue weighted by atomic mass is 9.98. The molecule has 17 heavy (non-hydrogen) atoms. The summed E-state index contributed by atoms with van der Waals surface area (Å²) in [6.07, 6.45) is 1.05. The summed E-state index contributed by atoms with van der Waals surface area (Å²) >= 11 is 0. The largest absolute Gasteiger partial charge is 0.303 e. The van der Waals surface area contributed by atoms with Crippen LogP contribution in [0.5, 0.6) is 0 Å². The van der Waals surface area contributed by atoms with Crippen LogP contribution in [0.25, 0.3) is 11.1 Å². The molecule has 0 aliphatic carbocycles. The minimum atomic E-state index is -0.886. The summed E-state index contributed by atoms with van der Waals surface area (Å²) in [4.78, 5) is 10.5. The van der Waals surface area contributed by atoms with E-state index in [4.69, 9.17) is 0 Å². The van der Waals surface area contributed by atoms with Gasteiger partial charge < -0.3 is 4.79 Å². The molecule has 1 nitrogen and oxygen atoms in total. The number of carbonyl (C=O) groups excluding carboxylic acids is 1. The van der Waals surface area contributed by atoms with Crippen molar-refractivity contribution in [3.63, 3.8) is 0 Å². The quantitative estimate of drug-likeness (QED) is 0.741. The number of hydrogen-bond acceptors (Lipinski definition) is 1. The van der Waals surface area contributed by atoms with E-state index in [1.165, 1.54) is 6.07 Å². The Morgan fingerprint density at radius 3 is 2.47 bits per heavy atom. The van der Waals surface area contributed by atoms with E-state index >= 15 is 0 Å². The van der Waals surface area contributed by atoms with Gasteiger partial charge in [-0.25, -0.2) is 8.78 Å². The van der Waals surface area contributed by atoms with Crippen molar-refractivity contribution in [2.45, 2.75) is 6.42 Å². The highest BCUT2D eigenvalue weighted by Gasteiger charge is 2.07. The number of aldehydes is 1. The van der Waals surface area contributed by atoms with Crippen LogP contribution in [0.1, 0.15) is 5.56 Å². The smallest absolute Gasteiger partial charge is 0.159 e. The van der Waals surface area contributed by atoms with E-state index in [0.717, 1.165) is 29.5 Å². The Morgan fingerprint density at radius 2 is 1.76 bits per heavy atom. The normalized spacial score (nSPS) is 10.2. The van der Waals surface area contributed by atoms with Gasteiger partial charge in [0.1, 0.15) is 6.29 Å². The molecular weight excluding hydrogens is 222 g/mol. The van der Waals surface area contributed by atoms with Crippen molar-refractivity contribution in [2.75, 3.05) is 0 Å². The minimum absolute atomic E-state index is 0.259. The van der Waals surface area contributed by atoms with Crippen molar-refractivity contribution in [1.82, 2.24) is 0 Å². The lowest BCUT2D eigenvalue weighted by Crippen LogP contribution is -1.92. The van der Waals surface area contributed by atoms with E-state index in [0.29, 0.717) is 5.56 Å². The molecule has 0 unspecified atom stereocenters. The highest BCUT2D eigenvalue weighted by atomic mass is 19.2. The molecule has 0 atom stereocenters. The monoisotopic (exact) mass is 232 g/mol. The molecule has 0 saturated carbocycles. The fraction of sp³-hybridized carbons (Fsp3) is 0.0714. The van der Waals surface area contributed by atoms with Crippen LogP contribution in [-0.2, 0) is 11.2 Å². The van der Waals surface area contributed by atoms with Gasteiger partial charge in [-0.15, -0.1) is 0 Å². The Labute approximate surface area is 97.7 Å². The summed E-state index contributed by atoms with van der Waals surface area (Å²) in [5.74, 6) is -1.76. The molecule has 0 heterocycles. The third-order valence-electron chi connectivity index (χ3n) is 2.55. The molecule has 0 saturated heterocycles. The molecule has 86 valence electrons. The van der Waals surface area contributed by atoms with Gasteiger partial charge in [-0.2, -0.15) is 0 Å². The fourth-order valence-corrected chi connectivity index (χ4v) is 1.73. The third-order valence-corrected chi connectivity index (χ3v) is 2.55. The summed E-state index contributed by atoms with van der Waals surface area (Å²) in [7, 11) is 0. The van der Waals surface area contributed by atoms with Crippen molar-refractivity contribution in [3.8, 4) is 11.1 Å². The maximum Gasteiger partial charge on any atom is 0.159 e.